The Morgan fingerprint density at radius 2 is 2.13 bits per heavy atom. The maximum absolute atomic E-state index is 10.7. The van der Waals surface area contributed by atoms with Crippen LogP contribution in [0.5, 0.6) is 11.5 Å². The van der Waals surface area contributed by atoms with E-state index in [-0.39, 0.29) is 27.7 Å². The van der Waals surface area contributed by atoms with Gasteiger partial charge in [-0.25, -0.2) is 4.79 Å². The first-order valence-corrected chi connectivity index (χ1v) is 4.34. The predicted molar refractivity (Wildman–Crippen MR) is 56.3 cm³/mol. The lowest BCUT2D eigenvalue weighted by molar-refractivity contribution is -0.130. The SMILES string of the molecule is C=C(C(=O)O)c1cc(Cl)cc(OC)c1O. The lowest BCUT2D eigenvalue weighted by atomic mass is 10.1. The number of aromatic hydroxyl groups is 1. The molecule has 0 aliphatic rings. The number of phenols is 1. The van der Waals surface area contributed by atoms with Gasteiger partial charge in [0, 0.05) is 16.7 Å². The molecule has 0 amide bonds. The maximum atomic E-state index is 10.7. The Bertz CT molecular complexity index is 426. The summed E-state index contributed by atoms with van der Waals surface area (Å²) in [6, 6.07) is 2.70. The fourth-order valence-corrected chi connectivity index (χ4v) is 1.28. The van der Waals surface area contributed by atoms with Crippen molar-refractivity contribution in [1.82, 2.24) is 0 Å². The number of carboxylic acids is 1. The topological polar surface area (TPSA) is 66.8 Å². The second-order valence-corrected chi connectivity index (χ2v) is 3.22. The molecule has 0 saturated heterocycles. The second kappa shape index (κ2) is 4.23. The molecule has 5 heteroatoms. The second-order valence-electron chi connectivity index (χ2n) is 2.79. The van der Waals surface area contributed by atoms with Crippen LogP contribution in [0.3, 0.4) is 0 Å². The molecule has 1 aromatic rings. The van der Waals surface area contributed by atoms with Crippen LogP contribution in [0.25, 0.3) is 5.57 Å². The molecular weight excluding hydrogens is 220 g/mol. The van der Waals surface area contributed by atoms with Gasteiger partial charge in [-0.15, -0.1) is 0 Å². The summed E-state index contributed by atoms with van der Waals surface area (Å²) in [5.74, 6) is -1.40. The van der Waals surface area contributed by atoms with Crippen molar-refractivity contribution in [2.45, 2.75) is 0 Å². The summed E-state index contributed by atoms with van der Waals surface area (Å²) < 4.78 is 4.83. The number of hydrogen-bond donors (Lipinski definition) is 2. The first-order chi connectivity index (χ1) is 6.97. The van der Waals surface area contributed by atoms with Gasteiger partial charge >= 0.3 is 5.97 Å². The van der Waals surface area contributed by atoms with Gasteiger partial charge in [0.15, 0.2) is 11.5 Å². The summed E-state index contributed by atoms with van der Waals surface area (Å²) >= 11 is 5.72. The predicted octanol–water partition coefficient (Wildman–Crippen LogP) is 2.15. The number of aliphatic carboxylic acids is 1. The van der Waals surface area contributed by atoms with E-state index in [4.69, 9.17) is 21.4 Å². The Kier molecular flexibility index (Phi) is 3.21. The third-order valence-corrected chi connectivity index (χ3v) is 2.06. The molecule has 0 spiro atoms. The van der Waals surface area contributed by atoms with E-state index >= 15 is 0 Å². The molecule has 80 valence electrons. The Morgan fingerprint density at radius 1 is 1.53 bits per heavy atom. The number of phenolic OH excluding ortho intramolecular Hbond substituents is 1. The van der Waals surface area contributed by atoms with Crippen molar-refractivity contribution in [2.24, 2.45) is 0 Å². The summed E-state index contributed by atoms with van der Waals surface area (Å²) in [4.78, 5) is 10.7. The molecule has 0 fully saturated rings. The number of benzene rings is 1. The smallest absolute Gasteiger partial charge is 0.335 e. The van der Waals surface area contributed by atoms with E-state index in [1.165, 1.54) is 19.2 Å². The molecule has 0 bridgehead atoms. The van der Waals surface area contributed by atoms with E-state index in [2.05, 4.69) is 6.58 Å². The van der Waals surface area contributed by atoms with Gasteiger partial charge in [0.05, 0.1) is 12.7 Å². The monoisotopic (exact) mass is 228 g/mol. The van der Waals surface area contributed by atoms with Crippen LogP contribution >= 0.6 is 11.6 Å². The minimum absolute atomic E-state index is 0.0480. The molecule has 0 atom stereocenters. The molecule has 0 unspecified atom stereocenters. The van der Waals surface area contributed by atoms with Crippen LogP contribution in [-0.4, -0.2) is 23.3 Å². The summed E-state index contributed by atoms with van der Waals surface area (Å²) in [5.41, 5.74) is -0.194. The highest BCUT2D eigenvalue weighted by Crippen LogP contribution is 2.36. The molecule has 2 N–H and O–H groups in total. The van der Waals surface area contributed by atoms with Crippen molar-refractivity contribution in [3.8, 4) is 11.5 Å². The molecule has 0 aromatic heterocycles. The number of halogens is 1. The third-order valence-electron chi connectivity index (χ3n) is 1.84. The van der Waals surface area contributed by atoms with Crippen LogP contribution in [0.1, 0.15) is 5.56 Å². The van der Waals surface area contributed by atoms with Gasteiger partial charge in [-0.2, -0.15) is 0 Å². The van der Waals surface area contributed by atoms with Crippen LogP contribution < -0.4 is 4.74 Å². The van der Waals surface area contributed by atoms with Gasteiger partial charge in [0.2, 0.25) is 0 Å². The van der Waals surface area contributed by atoms with Crippen molar-refractivity contribution in [3.63, 3.8) is 0 Å². The largest absolute Gasteiger partial charge is 0.504 e. The number of methoxy groups -OCH3 is 1. The molecule has 15 heavy (non-hydrogen) atoms. The van der Waals surface area contributed by atoms with E-state index in [1.54, 1.807) is 0 Å². The van der Waals surface area contributed by atoms with Gasteiger partial charge < -0.3 is 14.9 Å². The van der Waals surface area contributed by atoms with Crippen molar-refractivity contribution < 1.29 is 19.7 Å². The first kappa shape index (κ1) is 11.4. The number of carboxylic acid groups (broad SMARTS) is 1. The Labute approximate surface area is 91.4 Å². The van der Waals surface area contributed by atoms with Crippen molar-refractivity contribution in [2.75, 3.05) is 7.11 Å². The van der Waals surface area contributed by atoms with Crippen LogP contribution in [-0.2, 0) is 4.79 Å². The minimum atomic E-state index is -1.23. The maximum Gasteiger partial charge on any atom is 0.335 e. The third kappa shape index (κ3) is 2.22. The number of carbonyl (C=O) groups is 1. The highest BCUT2D eigenvalue weighted by atomic mass is 35.5. The average molecular weight is 229 g/mol. The average Bonchev–Trinajstić information content (AvgIpc) is 2.19. The van der Waals surface area contributed by atoms with Gasteiger partial charge in [-0.1, -0.05) is 18.2 Å². The summed E-state index contributed by atoms with van der Waals surface area (Å²) in [5, 5.41) is 18.6. The molecule has 0 aliphatic heterocycles. The molecule has 4 nitrogen and oxygen atoms in total. The molecule has 0 saturated carbocycles. The summed E-state index contributed by atoms with van der Waals surface area (Å²) in [7, 11) is 1.35. The fraction of sp³-hybridized carbons (Fsp3) is 0.100. The van der Waals surface area contributed by atoms with Crippen LogP contribution in [0.2, 0.25) is 5.02 Å². The first-order valence-electron chi connectivity index (χ1n) is 3.96. The van der Waals surface area contributed by atoms with E-state index in [0.717, 1.165) is 0 Å². The van der Waals surface area contributed by atoms with Gasteiger partial charge in [0.1, 0.15) is 0 Å². The number of ether oxygens (including phenoxy) is 1. The summed E-state index contributed by atoms with van der Waals surface area (Å²) in [6.07, 6.45) is 0. The van der Waals surface area contributed by atoms with Crippen LogP contribution in [0, 0.1) is 0 Å². The van der Waals surface area contributed by atoms with Crippen LogP contribution in [0.15, 0.2) is 18.7 Å². The van der Waals surface area contributed by atoms with Crippen molar-refractivity contribution >= 4 is 23.1 Å². The Morgan fingerprint density at radius 3 is 2.60 bits per heavy atom. The van der Waals surface area contributed by atoms with Crippen LogP contribution in [0.4, 0.5) is 0 Å². The normalized spacial score (nSPS) is 9.73. The Balaban J connectivity index is 3.35. The van der Waals surface area contributed by atoms with Gasteiger partial charge in [-0.05, 0) is 6.07 Å². The lowest BCUT2D eigenvalue weighted by Gasteiger charge is -2.09. The molecule has 0 heterocycles. The molecule has 1 aromatic carbocycles. The zero-order valence-electron chi connectivity index (χ0n) is 7.95. The Hall–Kier alpha value is -1.68. The lowest BCUT2D eigenvalue weighted by Crippen LogP contribution is -1.99. The number of hydrogen-bond acceptors (Lipinski definition) is 3. The van der Waals surface area contributed by atoms with Crippen molar-refractivity contribution in [1.29, 1.82) is 0 Å². The van der Waals surface area contributed by atoms with E-state index in [1.807, 2.05) is 0 Å². The zero-order valence-corrected chi connectivity index (χ0v) is 8.71. The van der Waals surface area contributed by atoms with E-state index < -0.39 is 5.97 Å². The van der Waals surface area contributed by atoms with Gasteiger partial charge in [-0.3, -0.25) is 0 Å². The number of rotatable bonds is 3. The highest BCUT2D eigenvalue weighted by Gasteiger charge is 2.16. The standard InChI is InChI=1S/C10H9ClO4/c1-5(10(13)14)7-3-6(11)4-8(15-2)9(7)12/h3-4,12H,1H2,2H3,(H,13,14). The molecule has 0 radical (unpaired) electrons. The summed E-state index contributed by atoms with van der Waals surface area (Å²) in [6.45, 7) is 3.33. The fourth-order valence-electron chi connectivity index (χ4n) is 1.08. The molecule has 0 aliphatic carbocycles. The molecular formula is C10H9ClO4. The van der Waals surface area contributed by atoms with E-state index in [9.17, 15) is 9.90 Å². The highest BCUT2D eigenvalue weighted by molar-refractivity contribution is 6.31. The quantitative estimate of drug-likeness (QED) is 0.778. The zero-order chi connectivity index (χ0) is 11.6. The molecule has 1 rings (SSSR count). The van der Waals surface area contributed by atoms with E-state index in [0.29, 0.717) is 0 Å². The van der Waals surface area contributed by atoms with Crippen molar-refractivity contribution in [3.05, 3.63) is 29.3 Å². The van der Waals surface area contributed by atoms with Gasteiger partial charge in [0.25, 0.3) is 0 Å². The minimum Gasteiger partial charge on any atom is -0.504 e.